The summed E-state index contributed by atoms with van der Waals surface area (Å²) in [5.74, 6) is -0.188. The first-order valence-corrected chi connectivity index (χ1v) is 11.9. The summed E-state index contributed by atoms with van der Waals surface area (Å²) in [5.41, 5.74) is 3.44. The second-order valence-electron chi connectivity index (χ2n) is 8.24. The van der Waals surface area contributed by atoms with Gasteiger partial charge < -0.3 is 20.9 Å². The molecule has 0 radical (unpaired) electrons. The van der Waals surface area contributed by atoms with Gasteiger partial charge in [-0.05, 0) is 61.7 Å². The minimum absolute atomic E-state index is 0.158. The molecule has 0 aromatic heterocycles. The monoisotopic (exact) mass is 496 g/mol. The number of urea groups is 1. The van der Waals surface area contributed by atoms with Crippen LogP contribution in [0.15, 0.2) is 66.7 Å². The van der Waals surface area contributed by atoms with Crippen LogP contribution in [0.4, 0.5) is 21.9 Å². The summed E-state index contributed by atoms with van der Waals surface area (Å²) in [4.78, 5) is 28.1. The molecular formula is C26H26Cl2N4O2. The molecule has 1 aliphatic rings. The molecule has 6 nitrogen and oxygen atoms in total. The molecule has 1 unspecified atom stereocenters. The summed E-state index contributed by atoms with van der Waals surface area (Å²) in [7, 11) is 0. The molecule has 1 saturated heterocycles. The van der Waals surface area contributed by atoms with Gasteiger partial charge in [0.1, 0.15) is 0 Å². The maximum absolute atomic E-state index is 13.3. The highest BCUT2D eigenvalue weighted by molar-refractivity contribution is 6.42. The second-order valence-corrected chi connectivity index (χ2v) is 9.05. The van der Waals surface area contributed by atoms with Gasteiger partial charge in [-0.1, -0.05) is 53.5 Å². The van der Waals surface area contributed by atoms with Crippen molar-refractivity contribution in [2.45, 2.75) is 25.8 Å². The Bertz CT molecular complexity index is 1180. The molecule has 3 N–H and O–H groups in total. The van der Waals surface area contributed by atoms with Gasteiger partial charge in [0.2, 0.25) is 0 Å². The number of benzene rings is 3. The second kappa shape index (κ2) is 10.8. The minimum atomic E-state index is -0.448. The van der Waals surface area contributed by atoms with E-state index >= 15 is 0 Å². The molecule has 0 bridgehead atoms. The molecule has 3 aromatic carbocycles. The molecule has 176 valence electrons. The van der Waals surface area contributed by atoms with Crippen LogP contribution < -0.4 is 20.9 Å². The summed E-state index contributed by atoms with van der Waals surface area (Å²) in [6.07, 6.45) is 2.18. The number of hydrogen-bond acceptors (Lipinski definition) is 3. The van der Waals surface area contributed by atoms with Crippen LogP contribution in [0.5, 0.6) is 0 Å². The Balaban J connectivity index is 1.53. The Morgan fingerprint density at radius 3 is 2.18 bits per heavy atom. The number of anilines is 3. The van der Waals surface area contributed by atoms with Gasteiger partial charge in [0.15, 0.2) is 0 Å². The van der Waals surface area contributed by atoms with Crippen molar-refractivity contribution in [1.29, 1.82) is 0 Å². The van der Waals surface area contributed by atoms with Crippen molar-refractivity contribution < 1.29 is 9.59 Å². The molecule has 1 fully saturated rings. The lowest BCUT2D eigenvalue weighted by molar-refractivity contribution is 0.0940. The smallest absolute Gasteiger partial charge is 0.323 e. The largest absolute Gasteiger partial charge is 0.371 e. The quantitative estimate of drug-likeness (QED) is 0.354. The maximum atomic E-state index is 13.3. The molecule has 4 rings (SSSR count). The summed E-state index contributed by atoms with van der Waals surface area (Å²) in [6.45, 7) is 3.76. The molecule has 1 aliphatic heterocycles. The third kappa shape index (κ3) is 5.82. The number of hydrogen-bond donors (Lipinski definition) is 3. The van der Waals surface area contributed by atoms with Crippen LogP contribution in [-0.2, 0) is 0 Å². The van der Waals surface area contributed by atoms with Crippen molar-refractivity contribution >= 4 is 52.2 Å². The van der Waals surface area contributed by atoms with Crippen LogP contribution in [0.25, 0.3) is 0 Å². The van der Waals surface area contributed by atoms with Gasteiger partial charge in [-0.25, -0.2) is 4.79 Å². The lowest BCUT2D eigenvalue weighted by atomic mass is 10.1. The number of carbonyl (C=O) groups is 2. The third-order valence-corrected chi connectivity index (χ3v) is 6.51. The fourth-order valence-electron chi connectivity index (χ4n) is 4.00. The third-order valence-electron chi connectivity index (χ3n) is 5.77. The van der Waals surface area contributed by atoms with Gasteiger partial charge in [-0.3, -0.25) is 4.79 Å². The highest BCUT2D eigenvalue weighted by atomic mass is 35.5. The van der Waals surface area contributed by atoms with E-state index < -0.39 is 6.03 Å². The highest BCUT2D eigenvalue weighted by Gasteiger charge is 2.22. The Morgan fingerprint density at radius 2 is 1.50 bits per heavy atom. The molecule has 3 aromatic rings. The van der Waals surface area contributed by atoms with Gasteiger partial charge >= 0.3 is 6.03 Å². The molecular weight excluding hydrogens is 471 g/mol. The molecule has 0 saturated carbocycles. The van der Waals surface area contributed by atoms with Gasteiger partial charge in [0.25, 0.3) is 5.91 Å². The number of nitrogens with zero attached hydrogens (tertiary/aromatic N) is 1. The van der Waals surface area contributed by atoms with E-state index in [0.717, 1.165) is 37.2 Å². The van der Waals surface area contributed by atoms with Crippen molar-refractivity contribution in [2.24, 2.45) is 0 Å². The molecule has 0 spiro atoms. The standard InChI is InChI=1S/C26H26Cl2N4O2/c1-17(18-7-3-2-4-8-18)29-25(33)21-15-19(10-12-24(21)32-13-5-6-14-32)30-26(34)31-20-9-11-22(27)23(28)16-20/h2-4,7-12,15-17H,5-6,13-14H2,1H3,(H,29,33)(H2,30,31,34). The number of halogens is 2. The lowest BCUT2D eigenvalue weighted by Gasteiger charge is -2.23. The van der Waals surface area contributed by atoms with E-state index in [9.17, 15) is 9.59 Å². The molecule has 0 aliphatic carbocycles. The first-order valence-electron chi connectivity index (χ1n) is 11.2. The van der Waals surface area contributed by atoms with E-state index in [2.05, 4.69) is 20.9 Å². The number of amides is 3. The highest BCUT2D eigenvalue weighted by Crippen LogP contribution is 2.29. The lowest BCUT2D eigenvalue weighted by Crippen LogP contribution is -2.30. The van der Waals surface area contributed by atoms with Crippen LogP contribution in [0.1, 0.15) is 41.7 Å². The number of carbonyl (C=O) groups excluding carboxylic acids is 2. The normalized spacial score (nSPS) is 13.9. The topological polar surface area (TPSA) is 73.5 Å². The van der Waals surface area contributed by atoms with Crippen molar-refractivity contribution in [1.82, 2.24) is 5.32 Å². The maximum Gasteiger partial charge on any atom is 0.323 e. The van der Waals surface area contributed by atoms with Crippen molar-refractivity contribution in [3.63, 3.8) is 0 Å². The van der Waals surface area contributed by atoms with Crippen molar-refractivity contribution in [3.8, 4) is 0 Å². The summed E-state index contributed by atoms with van der Waals surface area (Å²) in [5, 5.41) is 9.37. The van der Waals surface area contributed by atoms with E-state index in [1.807, 2.05) is 43.3 Å². The van der Waals surface area contributed by atoms with Gasteiger partial charge in [0.05, 0.1) is 21.7 Å². The van der Waals surface area contributed by atoms with Gasteiger partial charge in [0, 0.05) is 30.2 Å². The SMILES string of the molecule is CC(NC(=O)c1cc(NC(=O)Nc2ccc(Cl)c(Cl)c2)ccc1N1CCCC1)c1ccccc1. The predicted molar refractivity (Wildman–Crippen MR) is 139 cm³/mol. The summed E-state index contributed by atoms with van der Waals surface area (Å²) < 4.78 is 0. The Kier molecular flexibility index (Phi) is 7.60. The van der Waals surface area contributed by atoms with Gasteiger partial charge in [-0.15, -0.1) is 0 Å². The van der Waals surface area contributed by atoms with Crippen molar-refractivity contribution in [2.75, 3.05) is 28.6 Å². The van der Waals surface area contributed by atoms with Gasteiger partial charge in [-0.2, -0.15) is 0 Å². The zero-order valence-corrected chi connectivity index (χ0v) is 20.3. The van der Waals surface area contributed by atoms with Crippen LogP contribution in [-0.4, -0.2) is 25.0 Å². The summed E-state index contributed by atoms with van der Waals surface area (Å²) in [6, 6.07) is 19.5. The molecule has 1 atom stereocenters. The van der Waals surface area contributed by atoms with E-state index in [-0.39, 0.29) is 11.9 Å². The zero-order chi connectivity index (χ0) is 24.1. The first-order chi connectivity index (χ1) is 16.4. The molecule has 8 heteroatoms. The average Bonchev–Trinajstić information content (AvgIpc) is 3.37. The first kappa shape index (κ1) is 23.9. The zero-order valence-electron chi connectivity index (χ0n) is 18.8. The predicted octanol–water partition coefficient (Wildman–Crippen LogP) is 6.73. The Hall–Kier alpha value is -3.22. The van der Waals surface area contributed by atoms with Crippen molar-refractivity contribution in [3.05, 3.63) is 87.9 Å². The molecule has 34 heavy (non-hydrogen) atoms. The summed E-state index contributed by atoms with van der Waals surface area (Å²) >= 11 is 12.0. The fourth-order valence-corrected chi connectivity index (χ4v) is 4.29. The van der Waals surface area contributed by atoms with Crippen LogP contribution in [0.3, 0.4) is 0 Å². The Labute approximate surface area is 209 Å². The number of rotatable bonds is 6. The average molecular weight is 497 g/mol. The van der Waals surface area contributed by atoms with Crippen LogP contribution >= 0.6 is 23.2 Å². The van der Waals surface area contributed by atoms with E-state index in [1.165, 1.54) is 0 Å². The van der Waals surface area contributed by atoms with Crippen LogP contribution in [0.2, 0.25) is 10.0 Å². The minimum Gasteiger partial charge on any atom is -0.371 e. The Morgan fingerprint density at radius 1 is 0.853 bits per heavy atom. The number of nitrogens with one attached hydrogen (secondary N) is 3. The molecule has 3 amide bonds. The fraction of sp³-hybridized carbons (Fsp3) is 0.231. The van der Waals surface area contributed by atoms with E-state index in [0.29, 0.717) is 27.0 Å². The van der Waals surface area contributed by atoms with Crippen LogP contribution in [0, 0.1) is 0 Å². The molecule has 1 heterocycles. The van der Waals surface area contributed by atoms with E-state index in [1.54, 1.807) is 30.3 Å². The van der Waals surface area contributed by atoms with E-state index in [4.69, 9.17) is 23.2 Å².